The molecule has 0 aliphatic rings. The molecule has 3 aromatic rings. The van der Waals surface area contributed by atoms with Crippen LogP contribution in [0.1, 0.15) is 17.4 Å². The van der Waals surface area contributed by atoms with Crippen LogP contribution in [0.25, 0.3) is 10.9 Å². The Bertz CT molecular complexity index is 935. The van der Waals surface area contributed by atoms with Gasteiger partial charge in [-0.3, -0.25) is 14.3 Å². The fraction of sp³-hybridized carbons (Fsp3) is 0.125. The minimum absolute atomic E-state index is 0.165. The highest BCUT2D eigenvalue weighted by Crippen LogP contribution is 2.12. The van der Waals surface area contributed by atoms with Crippen LogP contribution in [0.4, 0.5) is 5.82 Å². The van der Waals surface area contributed by atoms with Crippen molar-refractivity contribution in [3.8, 4) is 0 Å². The van der Waals surface area contributed by atoms with Crippen LogP contribution in [0.3, 0.4) is 0 Å². The predicted molar refractivity (Wildman–Crippen MR) is 88.9 cm³/mol. The summed E-state index contributed by atoms with van der Waals surface area (Å²) in [5.41, 5.74) is 0.125. The van der Waals surface area contributed by atoms with E-state index in [0.717, 1.165) is 0 Å². The van der Waals surface area contributed by atoms with E-state index in [-0.39, 0.29) is 5.69 Å². The third-order valence-corrected chi connectivity index (χ3v) is 3.57. The van der Waals surface area contributed by atoms with E-state index in [1.165, 1.54) is 6.20 Å². The molecule has 0 unspecified atom stereocenters. The largest absolute Gasteiger partial charge is 0.305 e. The number of amides is 1. The van der Waals surface area contributed by atoms with Crippen LogP contribution in [0.2, 0.25) is 5.02 Å². The highest BCUT2D eigenvalue weighted by molar-refractivity contribution is 6.30. The third kappa shape index (κ3) is 2.93. The molecule has 3 rings (SSSR count). The molecule has 1 aromatic carbocycles. The van der Waals surface area contributed by atoms with Crippen LogP contribution >= 0.6 is 11.6 Å². The summed E-state index contributed by atoms with van der Waals surface area (Å²) in [6.45, 7) is 2.44. The SMILES string of the molecule is CCn1nc(C(=O)Nc2ccc(Cl)cn2)c(=O)c2ccccc21. The molecule has 0 bridgehead atoms. The van der Waals surface area contributed by atoms with Gasteiger partial charge >= 0.3 is 0 Å². The molecule has 0 saturated heterocycles. The number of halogens is 1. The van der Waals surface area contributed by atoms with Crippen molar-refractivity contribution in [1.82, 2.24) is 14.8 Å². The van der Waals surface area contributed by atoms with Gasteiger partial charge < -0.3 is 5.32 Å². The smallest absolute Gasteiger partial charge is 0.281 e. The van der Waals surface area contributed by atoms with Gasteiger partial charge in [-0.25, -0.2) is 4.98 Å². The molecule has 0 atom stereocenters. The van der Waals surface area contributed by atoms with E-state index >= 15 is 0 Å². The van der Waals surface area contributed by atoms with E-state index in [1.807, 2.05) is 13.0 Å². The summed E-state index contributed by atoms with van der Waals surface area (Å²) >= 11 is 5.75. The van der Waals surface area contributed by atoms with Crippen LogP contribution in [0.15, 0.2) is 47.4 Å². The number of hydrogen-bond donors (Lipinski definition) is 1. The zero-order valence-electron chi connectivity index (χ0n) is 12.3. The van der Waals surface area contributed by atoms with Crippen LogP contribution in [-0.2, 0) is 6.54 Å². The normalized spacial score (nSPS) is 10.7. The van der Waals surface area contributed by atoms with E-state index < -0.39 is 11.3 Å². The lowest BCUT2D eigenvalue weighted by molar-refractivity contribution is 0.101. The number of nitrogens with zero attached hydrogens (tertiary/aromatic N) is 3. The lowest BCUT2D eigenvalue weighted by atomic mass is 10.2. The van der Waals surface area contributed by atoms with Crippen molar-refractivity contribution in [2.75, 3.05) is 5.32 Å². The van der Waals surface area contributed by atoms with Crippen molar-refractivity contribution < 1.29 is 4.79 Å². The Morgan fingerprint density at radius 3 is 2.74 bits per heavy atom. The van der Waals surface area contributed by atoms with Gasteiger partial charge in [0.2, 0.25) is 5.43 Å². The summed E-state index contributed by atoms with van der Waals surface area (Å²) in [6, 6.07) is 10.2. The lowest BCUT2D eigenvalue weighted by Gasteiger charge is -2.10. The standard InChI is InChI=1S/C16H13ClN4O2/c1-2-21-12-6-4-3-5-11(12)15(22)14(20-21)16(23)19-13-8-7-10(17)9-18-13/h3-9H,2H2,1H3,(H,18,19,23). The maximum atomic E-state index is 12.5. The fourth-order valence-electron chi connectivity index (χ4n) is 2.25. The van der Waals surface area contributed by atoms with Crippen molar-refractivity contribution in [1.29, 1.82) is 0 Å². The first kappa shape index (κ1) is 15.2. The average Bonchev–Trinajstić information content (AvgIpc) is 2.57. The van der Waals surface area contributed by atoms with Gasteiger partial charge in [-0.2, -0.15) is 5.10 Å². The number of carbonyl (C=O) groups is 1. The first-order chi connectivity index (χ1) is 11.1. The number of nitrogens with one attached hydrogen (secondary N) is 1. The fourth-order valence-corrected chi connectivity index (χ4v) is 2.36. The van der Waals surface area contributed by atoms with E-state index in [1.54, 1.807) is 35.0 Å². The number of hydrogen-bond acceptors (Lipinski definition) is 4. The van der Waals surface area contributed by atoms with E-state index in [4.69, 9.17) is 11.6 Å². The molecule has 1 N–H and O–H groups in total. The van der Waals surface area contributed by atoms with E-state index in [9.17, 15) is 9.59 Å². The van der Waals surface area contributed by atoms with Crippen molar-refractivity contribution in [2.24, 2.45) is 0 Å². The molecule has 7 heteroatoms. The summed E-state index contributed by atoms with van der Waals surface area (Å²) < 4.78 is 1.63. The van der Waals surface area contributed by atoms with Crippen molar-refractivity contribution in [2.45, 2.75) is 13.5 Å². The quantitative estimate of drug-likeness (QED) is 0.802. The molecule has 0 aliphatic heterocycles. The molecular formula is C16H13ClN4O2. The summed E-state index contributed by atoms with van der Waals surface area (Å²) in [4.78, 5) is 28.9. The first-order valence-corrected chi connectivity index (χ1v) is 7.40. The van der Waals surface area contributed by atoms with Gasteiger partial charge in [0.05, 0.1) is 10.5 Å². The van der Waals surface area contributed by atoms with Crippen LogP contribution < -0.4 is 10.7 Å². The predicted octanol–water partition coefficient (Wildman–Crippen LogP) is 2.72. The summed E-state index contributed by atoms with van der Waals surface area (Å²) in [7, 11) is 0. The van der Waals surface area contributed by atoms with Crippen LogP contribution in [0.5, 0.6) is 0 Å². The van der Waals surface area contributed by atoms with Crippen molar-refractivity contribution in [3.63, 3.8) is 0 Å². The molecular weight excluding hydrogens is 316 g/mol. The van der Waals surface area contributed by atoms with Gasteiger partial charge in [0.1, 0.15) is 5.82 Å². The number of anilines is 1. The van der Waals surface area contributed by atoms with Gasteiger partial charge in [-0.15, -0.1) is 0 Å². The molecule has 116 valence electrons. The van der Waals surface area contributed by atoms with Crippen molar-refractivity contribution in [3.05, 3.63) is 63.5 Å². The average molecular weight is 329 g/mol. The second-order valence-corrected chi connectivity index (χ2v) is 5.26. The number of fused-ring (bicyclic) bond motifs is 1. The molecule has 0 radical (unpaired) electrons. The zero-order chi connectivity index (χ0) is 16.4. The molecule has 0 fully saturated rings. The lowest BCUT2D eigenvalue weighted by Crippen LogP contribution is -2.27. The summed E-state index contributed by atoms with van der Waals surface area (Å²) in [5, 5.41) is 7.64. The van der Waals surface area contributed by atoms with Crippen molar-refractivity contribution >= 4 is 34.2 Å². The maximum absolute atomic E-state index is 12.5. The van der Waals surface area contributed by atoms with Gasteiger partial charge in [0.25, 0.3) is 5.91 Å². The Labute approximate surface area is 136 Å². The number of para-hydroxylation sites is 1. The minimum Gasteiger partial charge on any atom is -0.305 e. The number of rotatable bonds is 3. The highest BCUT2D eigenvalue weighted by atomic mass is 35.5. The molecule has 2 heterocycles. The Morgan fingerprint density at radius 1 is 1.26 bits per heavy atom. The number of carbonyl (C=O) groups excluding carboxylic acids is 1. The molecule has 23 heavy (non-hydrogen) atoms. The van der Waals surface area contributed by atoms with Gasteiger partial charge in [-0.1, -0.05) is 23.7 Å². The molecule has 2 aromatic heterocycles. The van der Waals surface area contributed by atoms with E-state index in [0.29, 0.717) is 28.3 Å². The summed E-state index contributed by atoms with van der Waals surface area (Å²) in [6.07, 6.45) is 1.41. The Hall–Kier alpha value is -2.73. The molecule has 6 nitrogen and oxygen atoms in total. The van der Waals surface area contributed by atoms with Crippen LogP contribution in [-0.4, -0.2) is 20.7 Å². The number of benzene rings is 1. The second-order valence-electron chi connectivity index (χ2n) is 4.83. The van der Waals surface area contributed by atoms with Crippen LogP contribution in [0, 0.1) is 0 Å². The number of aryl methyl sites for hydroxylation is 1. The monoisotopic (exact) mass is 328 g/mol. The number of aromatic nitrogens is 3. The number of pyridine rings is 1. The third-order valence-electron chi connectivity index (χ3n) is 3.35. The Morgan fingerprint density at radius 2 is 2.04 bits per heavy atom. The first-order valence-electron chi connectivity index (χ1n) is 7.03. The van der Waals surface area contributed by atoms with Gasteiger partial charge in [0.15, 0.2) is 5.69 Å². The zero-order valence-corrected chi connectivity index (χ0v) is 13.0. The summed E-state index contributed by atoms with van der Waals surface area (Å²) in [5.74, 6) is -0.297. The van der Waals surface area contributed by atoms with Gasteiger partial charge in [-0.05, 0) is 31.2 Å². The second kappa shape index (κ2) is 6.18. The minimum atomic E-state index is -0.599. The topological polar surface area (TPSA) is 76.9 Å². The maximum Gasteiger partial charge on any atom is 0.281 e. The highest BCUT2D eigenvalue weighted by Gasteiger charge is 2.17. The Kier molecular flexibility index (Phi) is 4.08. The Balaban J connectivity index is 2.05. The molecule has 0 aliphatic carbocycles. The van der Waals surface area contributed by atoms with E-state index in [2.05, 4.69) is 15.4 Å². The van der Waals surface area contributed by atoms with Gasteiger partial charge in [0, 0.05) is 18.1 Å². The molecule has 1 amide bonds. The molecule has 0 spiro atoms. The molecule has 0 saturated carbocycles.